The Morgan fingerprint density at radius 2 is 2.06 bits per heavy atom. The van der Waals surface area contributed by atoms with Crippen LogP contribution in [-0.2, 0) is 4.74 Å². The number of nitrogens with two attached hydrogens (primary N) is 2. The highest BCUT2D eigenvalue weighted by molar-refractivity contribution is 5.50. The number of anilines is 3. The standard InChI is InChI=1S/C11H19N5O/c1-2-17-8-3-5-16(6-4-8)10-7-9(12)14-11(13)15-10/h7-8H,2-6H2,1H3,(H4,12,13,14,15). The monoisotopic (exact) mass is 237 g/mol. The molecule has 0 atom stereocenters. The maximum Gasteiger partial charge on any atom is 0.223 e. The highest BCUT2D eigenvalue weighted by atomic mass is 16.5. The van der Waals surface area contributed by atoms with Gasteiger partial charge < -0.3 is 21.1 Å². The van der Waals surface area contributed by atoms with E-state index < -0.39 is 0 Å². The molecule has 0 aliphatic carbocycles. The molecule has 4 N–H and O–H groups in total. The van der Waals surface area contributed by atoms with Crippen molar-refractivity contribution in [1.82, 2.24) is 9.97 Å². The molecule has 1 aromatic heterocycles. The summed E-state index contributed by atoms with van der Waals surface area (Å²) in [6.07, 6.45) is 2.39. The Labute approximate surface area is 101 Å². The third-order valence-electron chi connectivity index (χ3n) is 2.92. The first-order chi connectivity index (χ1) is 8.19. The summed E-state index contributed by atoms with van der Waals surface area (Å²) < 4.78 is 5.61. The van der Waals surface area contributed by atoms with Crippen molar-refractivity contribution in [2.24, 2.45) is 0 Å². The number of hydrogen-bond donors (Lipinski definition) is 2. The van der Waals surface area contributed by atoms with Gasteiger partial charge in [-0.1, -0.05) is 0 Å². The van der Waals surface area contributed by atoms with E-state index >= 15 is 0 Å². The van der Waals surface area contributed by atoms with Crippen LogP contribution in [0.25, 0.3) is 0 Å². The van der Waals surface area contributed by atoms with Crippen LogP contribution in [0.2, 0.25) is 0 Å². The highest BCUT2D eigenvalue weighted by Gasteiger charge is 2.20. The number of nitrogen functional groups attached to an aromatic ring is 2. The van der Waals surface area contributed by atoms with Crippen molar-refractivity contribution in [1.29, 1.82) is 0 Å². The molecule has 0 amide bonds. The molecule has 94 valence electrons. The van der Waals surface area contributed by atoms with Gasteiger partial charge >= 0.3 is 0 Å². The van der Waals surface area contributed by atoms with Gasteiger partial charge in [0.05, 0.1) is 6.10 Å². The molecule has 0 saturated carbocycles. The van der Waals surface area contributed by atoms with E-state index in [0.29, 0.717) is 11.9 Å². The summed E-state index contributed by atoms with van der Waals surface area (Å²) in [5.74, 6) is 1.45. The maximum absolute atomic E-state index is 5.66. The fourth-order valence-corrected chi connectivity index (χ4v) is 2.12. The molecule has 6 heteroatoms. The molecule has 1 aliphatic heterocycles. The van der Waals surface area contributed by atoms with Crippen LogP contribution in [0.4, 0.5) is 17.6 Å². The van der Waals surface area contributed by atoms with Crippen LogP contribution >= 0.6 is 0 Å². The van der Waals surface area contributed by atoms with Crippen LogP contribution < -0.4 is 16.4 Å². The van der Waals surface area contributed by atoms with E-state index in [1.54, 1.807) is 6.07 Å². The van der Waals surface area contributed by atoms with E-state index in [0.717, 1.165) is 38.4 Å². The van der Waals surface area contributed by atoms with Crippen molar-refractivity contribution < 1.29 is 4.74 Å². The topological polar surface area (TPSA) is 90.3 Å². The second kappa shape index (κ2) is 5.18. The summed E-state index contributed by atoms with van der Waals surface area (Å²) >= 11 is 0. The average molecular weight is 237 g/mol. The number of piperidine rings is 1. The largest absolute Gasteiger partial charge is 0.383 e. The van der Waals surface area contributed by atoms with E-state index in [9.17, 15) is 0 Å². The van der Waals surface area contributed by atoms with Crippen LogP contribution in [0.1, 0.15) is 19.8 Å². The minimum Gasteiger partial charge on any atom is -0.383 e. The molecule has 1 aliphatic rings. The van der Waals surface area contributed by atoms with Crippen molar-refractivity contribution in [3.8, 4) is 0 Å². The normalized spacial score (nSPS) is 17.4. The van der Waals surface area contributed by atoms with Crippen LogP contribution in [0.15, 0.2) is 6.07 Å². The predicted molar refractivity (Wildman–Crippen MR) is 67.7 cm³/mol. The average Bonchev–Trinajstić information content (AvgIpc) is 2.29. The summed E-state index contributed by atoms with van der Waals surface area (Å²) in [5.41, 5.74) is 11.2. The molecule has 0 bridgehead atoms. The van der Waals surface area contributed by atoms with Crippen LogP contribution in [-0.4, -0.2) is 35.8 Å². The summed E-state index contributed by atoms with van der Waals surface area (Å²) in [6.45, 7) is 4.64. The fraction of sp³-hybridized carbons (Fsp3) is 0.636. The second-order valence-corrected chi connectivity index (χ2v) is 4.15. The Bertz CT molecular complexity index is 356. The van der Waals surface area contributed by atoms with E-state index in [-0.39, 0.29) is 5.95 Å². The smallest absolute Gasteiger partial charge is 0.223 e. The van der Waals surface area contributed by atoms with Gasteiger partial charge in [0, 0.05) is 25.8 Å². The predicted octanol–water partition coefficient (Wildman–Crippen LogP) is 0.646. The van der Waals surface area contributed by atoms with Crippen molar-refractivity contribution >= 4 is 17.6 Å². The summed E-state index contributed by atoms with van der Waals surface area (Å²) in [5, 5.41) is 0. The molecule has 0 spiro atoms. The Balaban J connectivity index is 2.00. The van der Waals surface area contributed by atoms with Crippen LogP contribution in [0, 0.1) is 0 Å². The molecular formula is C11H19N5O. The third kappa shape index (κ3) is 2.97. The Morgan fingerprint density at radius 3 is 2.65 bits per heavy atom. The molecule has 6 nitrogen and oxygen atoms in total. The van der Waals surface area contributed by atoms with Gasteiger partial charge in [0.15, 0.2) is 0 Å². The van der Waals surface area contributed by atoms with Gasteiger partial charge in [-0.25, -0.2) is 0 Å². The van der Waals surface area contributed by atoms with Gasteiger partial charge in [0.1, 0.15) is 11.6 Å². The van der Waals surface area contributed by atoms with E-state index in [4.69, 9.17) is 16.2 Å². The van der Waals surface area contributed by atoms with Gasteiger partial charge in [-0.15, -0.1) is 0 Å². The lowest BCUT2D eigenvalue weighted by molar-refractivity contribution is 0.0458. The summed E-state index contributed by atoms with van der Waals surface area (Å²) in [6, 6.07) is 1.76. The number of aromatic nitrogens is 2. The molecule has 1 saturated heterocycles. The molecule has 2 rings (SSSR count). The number of rotatable bonds is 3. The van der Waals surface area contributed by atoms with Crippen LogP contribution in [0.3, 0.4) is 0 Å². The molecule has 1 aromatic rings. The zero-order valence-corrected chi connectivity index (χ0v) is 10.1. The first-order valence-corrected chi connectivity index (χ1v) is 5.95. The zero-order chi connectivity index (χ0) is 12.3. The van der Waals surface area contributed by atoms with Gasteiger partial charge in [-0.2, -0.15) is 9.97 Å². The molecular weight excluding hydrogens is 218 g/mol. The molecule has 17 heavy (non-hydrogen) atoms. The molecule has 2 heterocycles. The quantitative estimate of drug-likeness (QED) is 0.802. The van der Waals surface area contributed by atoms with Gasteiger partial charge in [0.2, 0.25) is 5.95 Å². The van der Waals surface area contributed by atoms with Crippen molar-refractivity contribution in [3.05, 3.63) is 6.07 Å². The van der Waals surface area contributed by atoms with E-state index in [1.807, 2.05) is 6.92 Å². The lowest BCUT2D eigenvalue weighted by Crippen LogP contribution is -2.37. The second-order valence-electron chi connectivity index (χ2n) is 4.15. The first kappa shape index (κ1) is 11.9. The van der Waals surface area contributed by atoms with Crippen molar-refractivity contribution in [2.45, 2.75) is 25.9 Å². The molecule has 0 unspecified atom stereocenters. The minimum atomic E-state index is 0.229. The van der Waals surface area contributed by atoms with Crippen LogP contribution in [0.5, 0.6) is 0 Å². The first-order valence-electron chi connectivity index (χ1n) is 5.95. The van der Waals surface area contributed by atoms with E-state index in [2.05, 4.69) is 14.9 Å². The number of hydrogen-bond acceptors (Lipinski definition) is 6. The lowest BCUT2D eigenvalue weighted by atomic mass is 10.1. The van der Waals surface area contributed by atoms with Crippen molar-refractivity contribution in [2.75, 3.05) is 36.1 Å². The zero-order valence-electron chi connectivity index (χ0n) is 10.1. The number of nitrogens with zero attached hydrogens (tertiary/aromatic N) is 3. The molecule has 1 fully saturated rings. The highest BCUT2D eigenvalue weighted by Crippen LogP contribution is 2.21. The van der Waals surface area contributed by atoms with E-state index in [1.165, 1.54) is 0 Å². The number of ether oxygens (including phenoxy) is 1. The Kier molecular flexibility index (Phi) is 3.63. The molecule has 0 radical (unpaired) electrons. The Hall–Kier alpha value is -1.56. The Morgan fingerprint density at radius 1 is 1.35 bits per heavy atom. The third-order valence-corrected chi connectivity index (χ3v) is 2.92. The van der Waals surface area contributed by atoms with Gasteiger partial charge in [-0.05, 0) is 19.8 Å². The van der Waals surface area contributed by atoms with Crippen molar-refractivity contribution in [3.63, 3.8) is 0 Å². The lowest BCUT2D eigenvalue weighted by Gasteiger charge is -2.32. The SMILES string of the molecule is CCOC1CCN(c2cc(N)nc(N)n2)CC1. The van der Waals surface area contributed by atoms with Gasteiger partial charge in [-0.3, -0.25) is 0 Å². The summed E-state index contributed by atoms with van der Waals surface area (Å²) in [7, 11) is 0. The molecule has 0 aromatic carbocycles. The maximum atomic E-state index is 5.66. The summed E-state index contributed by atoms with van der Waals surface area (Å²) in [4.78, 5) is 10.2. The minimum absolute atomic E-state index is 0.229. The fourth-order valence-electron chi connectivity index (χ4n) is 2.12. The van der Waals surface area contributed by atoms with Gasteiger partial charge in [0.25, 0.3) is 0 Å².